The number of hydrogen-bond donors (Lipinski definition) is 2. The Balaban J connectivity index is 1.94. The number of aromatic nitrogens is 2. The number of aryl methyl sites for hydroxylation is 2. The molecule has 1 atom stereocenters. The van der Waals surface area contributed by atoms with Crippen molar-refractivity contribution in [3.8, 4) is 0 Å². The Kier molecular flexibility index (Phi) is 3.61. The molecule has 2 N–H and O–H groups in total. The lowest BCUT2D eigenvalue weighted by Crippen LogP contribution is -2.42. The molecule has 2 rings (SSSR count). The fourth-order valence-corrected chi connectivity index (χ4v) is 2.50. The van der Waals surface area contributed by atoms with E-state index >= 15 is 0 Å². The van der Waals surface area contributed by atoms with E-state index in [2.05, 4.69) is 16.5 Å². The second-order valence-corrected chi connectivity index (χ2v) is 4.88. The zero-order valence-electron chi connectivity index (χ0n) is 9.95. The van der Waals surface area contributed by atoms with Crippen molar-refractivity contribution in [2.75, 3.05) is 19.7 Å². The van der Waals surface area contributed by atoms with Gasteiger partial charge in [-0.15, -0.1) is 0 Å². The fourth-order valence-electron chi connectivity index (χ4n) is 2.50. The zero-order valence-corrected chi connectivity index (χ0v) is 9.95. The minimum atomic E-state index is 0.0858. The third kappa shape index (κ3) is 2.44. The van der Waals surface area contributed by atoms with Crippen molar-refractivity contribution >= 4 is 0 Å². The van der Waals surface area contributed by atoms with Gasteiger partial charge in [-0.25, -0.2) is 0 Å². The normalized spacial score (nSPS) is 25.9. The monoisotopic (exact) mass is 223 g/mol. The molecule has 1 saturated heterocycles. The summed E-state index contributed by atoms with van der Waals surface area (Å²) in [4.78, 5) is 0. The molecular weight excluding hydrogens is 202 g/mol. The Bertz CT molecular complexity index is 329. The molecule has 1 fully saturated rings. The Morgan fingerprint density at radius 3 is 3.06 bits per heavy atom. The second kappa shape index (κ2) is 4.97. The molecule has 90 valence electrons. The highest BCUT2D eigenvalue weighted by atomic mass is 16.3. The first-order chi connectivity index (χ1) is 7.76. The quantitative estimate of drug-likeness (QED) is 0.790. The van der Waals surface area contributed by atoms with Crippen LogP contribution >= 0.6 is 0 Å². The van der Waals surface area contributed by atoms with Gasteiger partial charge in [0.2, 0.25) is 0 Å². The highest BCUT2D eigenvalue weighted by molar-refractivity contribution is 5.01. The van der Waals surface area contributed by atoms with Crippen LogP contribution in [0, 0.1) is 5.41 Å². The topological polar surface area (TPSA) is 50.1 Å². The number of nitrogens with one attached hydrogen (secondary N) is 1. The summed E-state index contributed by atoms with van der Waals surface area (Å²) >= 11 is 0. The van der Waals surface area contributed by atoms with Crippen LogP contribution in [0.3, 0.4) is 0 Å². The van der Waals surface area contributed by atoms with E-state index in [1.165, 1.54) is 12.1 Å². The van der Waals surface area contributed by atoms with Crippen molar-refractivity contribution in [1.29, 1.82) is 0 Å². The Morgan fingerprint density at radius 2 is 2.50 bits per heavy atom. The average Bonchev–Trinajstić information content (AvgIpc) is 2.74. The number of nitrogens with zero attached hydrogens (tertiary/aromatic N) is 2. The summed E-state index contributed by atoms with van der Waals surface area (Å²) in [7, 11) is 1.97. The van der Waals surface area contributed by atoms with Gasteiger partial charge in [-0.3, -0.25) is 4.68 Å². The first kappa shape index (κ1) is 11.6. The predicted molar refractivity (Wildman–Crippen MR) is 63.2 cm³/mol. The largest absolute Gasteiger partial charge is 0.396 e. The molecule has 0 radical (unpaired) electrons. The molecule has 4 nitrogen and oxygen atoms in total. The first-order valence-electron chi connectivity index (χ1n) is 6.04. The van der Waals surface area contributed by atoms with Crippen LogP contribution in [-0.4, -0.2) is 34.6 Å². The predicted octanol–water partition coefficient (Wildman–Crippen LogP) is 0.715. The van der Waals surface area contributed by atoms with Crippen LogP contribution in [0.4, 0.5) is 0 Å². The highest BCUT2D eigenvalue weighted by Gasteiger charge is 2.31. The van der Waals surface area contributed by atoms with Gasteiger partial charge in [0.25, 0.3) is 0 Å². The van der Waals surface area contributed by atoms with Gasteiger partial charge in [0.1, 0.15) is 0 Å². The fraction of sp³-hybridized carbons (Fsp3) is 0.750. The lowest BCUT2D eigenvalue weighted by atomic mass is 9.77. The van der Waals surface area contributed by atoms with Crippen LogP contribution in [0.5, 0.6) is 0 Å². The molecule has 0 aliphatic carbocycles. The van der Waals surface area contributed by atoms with E-state index < -0.39 is 0 Å². The Labute approximate surface area is 96.7 Å². The number of piperidine rings is 1. The van der Waals surface area contributed by atoms with Crippen LogP contribution < -0.4 is 5.32 Å². The molecule has 1 aliphatic heterocycles. The van der Waals surface area contributed by atoms with Gasteiger partial charge in [-0.2, -0.15) is 5.10 Å². The van der Waals surface area contributed by atoms with Crippen LogP contribution in [0.15, 0.2) is 12.3 Å². The third-order valence-corrected chi connectivity index (χ3v) is 3.73. The molecule has 0 amide bonds. The summed E-state index contributed by atoms with van der Waals surface area (Å²) in [6.45, 7) is 2.33. The summed E-state index contributed by atoms with van der Waals surface area (Å²) in [5.74, 6) is 0. The van der Waals surface area contributed by atoms with Crippen molar-refractivity contribution in [2.24, 2.45) is 12.5 Å². The van der Waals surface area contributed by atoms with E-state index in [4.69, 9.17) is 0 Å². The van der Waals surface area contributed by atoms with E-state index in [1.807, 2.05) is 17.9 Å². The second-order valence-electron chi connectivity index (χ2n) is 4.88. The summed E-state index contributed by atoms with van der Waals surface area (Å²) in [5, 5.41) is 17.1. The van der Waals surface area contributed by atoms with E-state index in [1.54, 1.807) is 0 Å². The van der Waals surface area contributed by atoms with Gasteiger partial charge < -0.3 is 10.4 Å². The van der Waals surface area contributed by atoms with E-state index in [0.29, 0.717) is 0 Å². The number of aliphatic hydroxyl groups is 1. The maximum Gasteiger partial charge on any atom is 0.0499 e. The number of hydrogen-bond acceptors (Lipinski definition) is 3. The number of rotatable bonds is 4. The maximum absolute atomic E-state index is 9.58. The summed E-state index contributed by atoms with van der Waals surface area (Å²) in [5.41, 5.74) is 1.33. The van der Waals surface area contributed by atoms with Crippen molar-refractivity contribution in [3.05, 3.63) is 18.0 Å². The molecule has 0 spiro atoms. The number of aliphatic hydroxyl groups excluding tert-OH is 1. The van der Waals surface area contributed by atoms with Crippen LogP contribution in [0.1, 0.15) is 25.0 Å². The zero-order chi connectivity index (χ0) is 11.4. The summed E-state index contributed by atoms with van der Waals surface area (Å²) in [6.07, 6.45) is 6.18. The van der Waals surface area contributed by atoms with Crippen molar-refractivity contribution in [3.63, 3.8) is 0 Å². The average molecular weight is 223 g/mol. The van der Waals surface area contributed by atoms with E-state index in [-0.39, 0.29) is 12.0 Å². The molecule has 16 heavy (non-hydrogen) atoms. The van der Waals surface area contributed by atoms with Gasteiger partial charge in [0.15, 0.2) is 0 Å². The summed E-state index contributed by atoms with van der Waals surface area (Å²) in [6, 6.07) is 2.06. The molecule has 1 aliphatic rings. The van der Waals surface area contributed by atoms with Crippen LogP contribution in [-0.2, 0) is 13.5 Å². The molecule has 1 aromatic heterocycles. The molecule has 2 heterocycles. The highest BCUT2D eigenvalue weighted by Crippen LogP contribution is 2.30. The molecule has 4 heteroatoms. The minimum Gasteiger partial charge on any atom is -0.396 e. The summed E-state index contributed by atoms with van der Waals surface area (Å²) < 4.78 is 1.92. The van der Waals surface area contributed by atoms with Gasteiger partial charge in [0, 0.05) is 37.5 Å². The molecule has 1 aromatic rings. The van der Waals surface area contributed by atoms with Gasteiger partial charge >= 0.3 is 0 Å². The van der Waals surface area contributed by atoms with Crippen molar-refractivity contribution in [1.82, 2.24) is 15.1 Å². The van der Waals surface area contributed by atoms with Crippen molar-refractivity contribution in [2.45, 2.75) is 25.7 Å². The van der Waals surface area contributed by atoms with Gasteiger partial charge in [-0.1, -0.05) is 0 Å². The van der Waals surface area contributed by atoms with Crippen LogP contribution in [0.2, 0.25) is 0 Å². The Morgan fingerprint density at radius 1 is 1.62 bits per heavy atom. The van der Waals surface area contributed by atoms with Crippen molar-refractivity contribution < 1.29 is 5.11 Å². The molecular formula is C12H21N3O. The standard InChI is InChI=1S/C12H21N3O/c1-15-11(4-8-14-15)3-6-12(10-16)5-2-7-13-9-12/h4,8,13,16H,2-3,5-7,9-10H2,1H3. The SMILES string of the molecule is Cn1nccc1CCC1(CO)CCCNC1. The maximum atomic E-state index is 9.58. The van der Waals surface area contributed by atoms with E-state index in [9.17, 15) is 5.11 Å². The lowest BCUT2D eigenvalue weighted by Gasteiger charge is -2.36. The third-order valence-electron chi connectivity index (χ3n) is 3.73. The van der Waals surface area contributed by atoms with Gasteiger partial charge in [0.05, 0.1) is 0 Å². The van der Waals surface area contributed by atoms with Crippen LogP contribution in [0.25, 0.3) is 0 Å². The molecule has 0 saturated carbocycles. The smallest absolute Gasteiger partial charge is 0.0499 e. The van der Waals surface area contributed by atoms with Gasteiger partial charge in [-0.05, 0) is 38.3 Å². The van der Waals surface area contributed by atoms with E-state index in [0.717, 1.165) is 32.4 Å². The molecule has 0 bridgehead atoms. The molecule has 0 aromatic carbocycles. The minimum absolute atomic E-state index is 0.0858. The lowest BCUT2D eigenvalue weighted by molar-refractivity contribution is 0.0857. The Hall–Kier alpha value is -0.870. The molecule has 1 unspecified atom stereocenters. The first-order valence-corrected chi connectivity index (χ1v) is 6.04.